The van der Waals surface area contributed by atoms with Crippen molar-refractivity contribution in [1.29, 1.82) is 0 Å². The van der Waals surface area contributed by atoms with E-state index in [1.807, 2.05) is 0 Å². The number of carboxylic acid groups (broad SMARTS) is 1. The highest BCUT2D eigenvalue weighted by atomic mass is 16.6. The molecule has 0 aliphatic carbocycles. The van der Waals surface area contributed by atoms with Gasteiger partial charge in [0.2, 0.25) is 5.91 Å². The molecule has 19 heavy (non-hydrogen) atoms. The van der Waals surface area contributed by atoms with Crippen LogP contribution in [0.4, 0.5) is 0 Å². The van der Waals surface area contributed by atoms with E-state index < -0.39 is 18.0 Å². The molecule has 2 rings (SSSR count). The summed E-state index contributed by atoms with van der Waals surface area (Å²) in [5.74, 6) is -0.953. The molecule has 0 bridgehead atoms. The average Bonchev–Trinajstić information content (AvgIpc) is 2.85. The number of hydrogen-bond acceptors (Lipinski definition) is 4. The molecule has 102 valence electrons. The first-order valence-electron chi connectivity index (χ1n) is 5.97. The lowest BCUT2D eigenvalue weighted by molar-refractivity contribution is -0.149. The highest BCUT2D eigenvalue weighted by Gasteiger charge is 2.30. The summed E-state index contributed by atoms with van der Waals surface area (Å²) in [5.41, 5.74) is 5.54. The third-order valence-electron chi connectivity index (χ3n) is 2.94. The highest BCUT2D eigenvalue weighted by molar-refractivity contribution is 5.93. The van der Waals surface area contributed by atoms with Gasteiger partial charge in [-0.05, 0) is 31.0 Å². The first-order valence-corrected chi connectivity index (χ1v) is 5.97. The van der Waals surface area contributed by atoms with Crippen LogP contribution in [0, 0.1) is 0 Å². The Morgan fingerprint density at radius 2 is 2.21 bits per heavy atom. The molecule has 2 unspecified atom stereocenters. The first kappa shape index (κ1) is 13.4. The zero-order chi connectivity index (χ0) is 13.8. The van der Waals surface area contributed by atoms with E-state index in [0.717, 1.165) is 0 Å². The molecule has 1 aliphatic rings. The van der Waals surface area contributed by atoms with Gasteiger partial charge in [0.05, 0.1) is 6.10 Å². The topological polar surface area (TPSA) is 98.9 Å². The number of nitrogens with two attached hydrogens (primary N) is 1. The smallest absolute Gasteiger partial charge is 0.332 e. The summed E-state index contributed by atoms with van der Waals surface area (Å²) in [6, 6.07) is 6.52. The van der Waals surface area contributed by atoms with Crippen LogP contribution in [0.1, 0.15) is 23.2 Å². The van der Waals surface area contributed by atoms with Crippen LogP contribution < -0.4 is 10.5 Å². The van der Waals surface area contributed by atoms with Gasteiger partial charge in [-0.15, -0.1) is 0 Å². The van der Waals surface area contributed by atoms with Gasteiger partial charge >= 0.3 is 5.97 Å². The second-order valence-corrected chi connectivity index (χ2v) is 4.37. The fourth-order valence-electron chi connectivity index (χ4n) is 1.94. The summed E-state index contributed by atoms with van der Waals surface area (Å²) in [4.78, 5) is 21.7. The Bertz CT molecular complexity index is 488. The number of ether oxygens (including phenoxy) is 2. The zero-order valence-electron chi connectivity index (χ0n) is 10.2. The maximum atomic E-state index is 11.0. The van der Waals surface area contributed by atoms with Crippen LogP contribution in [0.15, 0.2) is 24.3 Å². The van der Waals surface area contributed by atoms with Crippen molar-refractivity contribution in [2.45, 2.75) is 25.0 Å². The molecule has 2 atom stereocenters. The van der Waals surface area contributed by atoms with Crippen molar-refractivity contribution in [3.63, 3.8) is 0 Å². The van der Waals surface area contributed by atoms with Gasteiger partial charge in [-0.1, -0.05) is 6.07 Å². The fourth-order valence-corrected chi connectivity index (χ4v) is 1.94. The van der Waals surface area contributed by atoms with E-state index in [9.17, 15) is 9.59 Å². The number of rotatable bonds is 5. The van der Waals surface area contributed by atoms with Crippen molar-refractivity contribution in [2.24, 2.45) is 5.73 Å². The van der Waals surface area contributed by atoms with Crippen LogP contribution in [0.3, 0.4) is 0 Å². The maximum Gasteiger partial charge on any atom is 0.332 e. The van der Waals surface area contributed by atoms with Crippen LogP contribution in [0.2, 0.25) is 0 Å². The fraction of sp³-hybridized carbons (Fsp3) is 0.385. The predicted molar refractivity (Wildman–Crippen MR) is 66.0 cm³/mol. The second-order valence-electron chi connectivity index (χ2n) is 4.37. The lowest BCUT2D eigenvalue weighted by Gasteiger charge is -2.13. The number of primary amides is 1. The minimum Gasteiger partial charge on any atom is -0.491 e. The normalized spacial score (nSPS) is 22.1. The molecule has 1 aliphatic heterocycles. The minimum absolute atomic E-state index is 0.238. The van der Waals surface area contributed by atoms with E-state index in [2.05, 4.69) is 0 Å². The van der Waals surface area contributed by atoms with Gasteiger partial charge in [0.1, 0.15) is 12.4 Å². The SMILES string of the molecule is NC(=O)c1cccc(OCC2CCC(C(=O)O)O2)c1. The lowest BCUT2D eigenvalue weighted by atomic mass is 10.2. The van der Waals surface area contributed by atoms with Gasteiger partial charge in [0.25, 0.3) is 0 Å². The van der Waals surface area contributed by atoms with E-state index in [0.29, 0.717) is 24.2 Å². The number of carboxylic acids is 1. The Morgan fingerprint density at radius 1 is 1.42 bits per heavy atom. The summed E-state index contributed by atoms with van der Waals surface area (Å²) < 4.78 is 10.8. The van der Waals surface area contributed by atoms with Crippen molar-refractivity contribution < 1.29 is 24.2 Å². The number of amides is 1. The molecule has 0 radical (unpaired) electrons. The standard InChI is InChI=1S/C13H15NO5/c14-12(15)8-2-1-3-9(6-8)18-7-10-4-5-11(19-10)13(16)17/h1-3,6,10-11H,4-5,7H2,(H2,14,15)(H,16,17). The molecule has 0 spiro atoms. The summed E-state index contributed by atoms with van der Waals surface area (Å²) in [5, 5.41) is 8.80. The Labute approximate surface area is 110 Å². The molecule has 6 nitrogen and oxygen atoms in total. The molecule has 1 aromatic carbocycles. The first-order chi connectivity index (χ1) is 9.06. The molecular formula is C13H15NO5. The van der Waals surface area contributed by atoms with Gasteiger partial charge in [-0.3, -0.25) is 4.79 Å². The van der Waals surface area contributed by atoms with Gasteiger partial charge in [-0.2, -0.15) is 0 Å². The molecule has 1 heterocycles. The van der Waals surface area contributed by atoms with Crippen molar-refractivity contribution >= 4 is 11.9 Å². The molecule has 1 amide bonds. The van der Waals surface area contributed by atoms with E-state index in [-0.39, 0.29) is 12.7 Å². The van der Waals surface area contributed by atoms with Crippen LogP contribution >= 0.6 is 0 Å². The van der Waals surface area contributed by atoms with Crippen LogP contribution in [0.25, 0.3) is 0 Å². The molecule has 1 aromatic rings. The van der Waals surface area contributed by atoms with Gasteiger partial charge in [0, 0.05) is 5.56 Å². The maximum absolute atomic E-state index is 11.0. The van der Waals surface area contributed by atoms with Gasteiger partial charge in [-0.25, -0.2) is 4.79 Å². The predicted octanol–water partition coefficient (Wildman–Crippen LogP) is 0.796. The minimum atomic E-state index is -0.946. The van der Waals surface area contributed by atoms with Gasteiger partial charge in [0.15, 0.2) is 6.10 Å². The Hall–Kier alpha value is -2.08. The summed E-state index contributed by atoms with van der Waals surface area (Å²) in [6.45, 7) is 0.256. The van der Waals surface area contributed by atoms with E-state index >= 15 is 0 Å². The highest BCUT2D eigenvalue weighted by Crippen LogP contribution is 2.21. The lowest BCUT2D eigenvalue weighted by Crippen LogP contribution is -2.23. The third-order valence-corrected chi connectivity index (χ3v) is 2.94. The molecule has 0 aromatic heterocycles. The van der Waals surface area contributed by atoms with Crippen LogP contribution in [-0.2, 0) is 9.53 Å². The number of benzene rings is 1. The summed E-state index contributed by atoms with van der Waals surface area (Å²) in [6.07, 6.45) is 0.154. The van der Waals surface area contributed by atoms with Crippen molar-refractivity contribution in [1.82, 2.24) is 0 Å². The van der Waals surface area contributed by atoms with E-state index in [1.165, 1.54) is 0 Å². The molecule has 1 fully saturated rings. The van der Waals surface area contributed by atoms with Crippen LogP contribution in [-0.4, -0.2) is 35.8 Å². The number of hydrogen-bond donors (Lipinski definition) is 2. The quantitative estimate of drug-likeness (QED) is 0.820. The van der Waals surface area contributed by atoms with Gasteiger partial charge < -0.3 is 20.3 Å². The Morgan fingerprint density at radius 3 is 2.84 bits per heavy atom. The van der Waals surface area contributed by atoms with E-state index in [4.69, 9.17) is 20.3 Å². The van der Waals surface area contributed by atoms with Crippen molar-refractivity contribution in [3.8, 4) is 5.75 Å². The monoisotopic (exact) mass is 265 g/mol. The Kier molecular flexibility index (Phi) is 4.01. The molecule has 0 saturated carbocycles. The molecule has 1 saturated heterocycles. The largest absolute Gasteiger partial charge is 0.491 e. The number of aliphatic carboxylic acids is 1. The van der Waals surface area contributed by atoms with Crippen molar-refractivity contribution in [2.75, 3.05) is 6.61 Å². The third kappa shape index (κ3) is 3.45. The summed E-state index contributed by atoms with van der Waals surface area (Å²) >= 11 is 0. The number of carbonyl (C=O) groups excluding carboxylic acids is 1. The van der Waals surface area contributed by atoms with Crippen molar-refractivity contribution in [3.05, 3.63) is 29.8 Å². The second kappa shape index (κ2) is 5.71. The van der Waals surface area contributed by atoms with Crippen LogP contribution in [0.5, 0.6) is 5.75 Å². The Balaban J connectivity index is 1.88. The molecule has 6 heteroatoms. The molecule has 3 N–H and O–H groups in total. The number of carbonyl (C=O) groups is 2. The summed E-state index contributed by atoms with van der Waals surface area (Å²) in [7, 11) is 0. The average molecular weight is 265 g/mol. The molecular weight excluding hydrogens is 250 g/mol. The zero-order valence-corrected chi connectivity index (χ0v) is 10.2. The van der Waals surface area contributed by atoms with E-state index in [1.54, 1.807) is 24.3 Å².